The molecule has 5 nitrogen and oxygen atoms in total. The minimum Gasteiger partial charge on any atom is -0.459 e. The van der Waals surface area contributed by atoms with E-state index in [0.29, 0.717) is 19.6 Å². The lowest BCUT2D eigenvalue weighted by Crippen LogP contribution is -2.23. The first-order valence-electron chi connectivity index (χ1n) is 10.0. The average Bonchev–Trinajstić information content (AvgIpc) is 3.24. The first-order valence-corrected chi connectivity index (χ1v) is 10.0. The molecule has 5 heteroatoms. The summed E-state index contributed by atoms with van der Waals surface area (Å²) in [6, 6.07) is 14.3. The number of carbonyl (C=O) groups is 1. The van der Waals surface area contributed by atoms with Crippen LogP contribution in [-0.2, 0) is 24.4 Å². The molecule has 154 valence electrons. The molecule has 1 amide bonds. The second-order valence-electron chi connectivity index (χ2n) is 7.63. The maximum Gasteiger partial charge on any atom is 0.246 e. The molecule has 0 aliphatic carbocycles. The number of likely N-dealkylation sites (N-methyl/N-ethyl adjacent to an activating group) is 1. The number of amides is 1. The molecule has 0 fully saturated rings. The average molecular weight is 402 g/mol. The number of hydrogen-bond donors (Lipinski definition) is 1. The topological polar surface area (TPSA) is 58.6 Å². The highest BCUT2D eigenvalue weighted by Crippen LogP contribution is 2.28. The molecule has 30 heavy (non-hydrogen) atoms. The molecule has 0 saturated carbocycles. The molecule has 0 aliphatic heterocycles. The fourth-order valence-corrected chi connectivity index (χ4v) is 3.74. The van der Waals surface area contributed by atoms with Gasteiger partial charge in [0.15, 0.2) is 0 Å². The zero-order chi connectivity index (χ0) is 21.3. The maximum atomic E-state index is 11.8. The molecule has 4 aromatic rings. The molecule has 0 spiro atoms. The Labute approximate surface area is 176 Å². The summed E-state index contributed by atoms with van der Waals surface area (Å²) in [6.45, 7) is 9.44. The number of benzene rings is 2. The van der Waals surface area contributed by atoms with Crippen LogP contribution < -0.4 is 5.32 Å². The standard InChI is InChI=1S/C25H26N2O3/c1-5-25(28)27(4)15-24-17(3)20-11-10-18(12-22(20)30-24)13-26-14-23-16(2)19-8-6-7-9-21(19)29-23/h5-12,26H,1,13-15H2,2-4H3. The van der Waals surface area contributed by atoms with Crippen LogP contribution in [0.2, 0.25) is 0 Å². The van der Waals surface area contributed by atoms with Crippen LogP contribution >= 0.6 is 0 Å². The monoisotopic (exact) mass is 402 g/mol. The summed E-state index contributed by atoms with van der Waals surface area (Å²) in [5, 5.41) is 5.69. The predicted octanol–water partition coefficient (Wildman–Crippen LogP) is 5.23. The first-order chi connectivity index (χ1) is 14.5. The highest BCUT2D eigenvalue weighted by Gasteiger charge is 2.15. The fraction of sp³-hybridized carbons (Fsp3) is 0.240. The number of furan rings is 2. The van der Waals surface area contributed by atoms with Gasteiger partial charge in [-0.3, -0.25) is 4.79 Å². The van der Waals surface area contributed by atoms with Crippen LogP contribution in [0, 0.1) is 13.8 Å². The van der Waals surface area contributed by atoms with Crippen molar-refractivity contribution in [2.24, 2.45) is 0 Å². The number of fused-ring (bicyclic) bond motifs is 2. The van der Waals surface area contributed by atoms with Gasteiger partial charge >= 0.3 is 0 Å². The SMILES string of the molecule is C=CC(=O)N(C)Cc1oc2cc(CNCc3oc4ccccc4c3C)ccc2c1C. The highest BCUT2D eigenvalue weighted by molar-refractivity contribution is 5.87. The van der Waals surface area contributed by atoms with Gasteiger partial charge in [0, 0.05) is 29.9 Å². The van der Waals surface area contributed by atoms with E-state index in [1.54, 1.807) is 11.9 Å². The van der Waals surface area contributed by atoms with Crippen LogP contribution in [0.25, 0.3) is 21.9 Å². The third-order valence-electron chi connectivity index (χ3n) is 5.59. The van der Waals surface area contributed by atoms with Crippen molar-refractivity contribution in [3.63, 3.8) is 0 Å². The molecule has 2 heterocycles. The lowest BCUT2D eigenvalue weighted by Gasteiger charge is -2.13. The lowest BCUT2D eigenvalue weighted by molar-refractivity contribution is -0.125. The van der Waals surface area contributed by atoms with Crippen LogP contribution in [0.15, 0.2) is 64.0 Å². The van der Waals surface area contributed by atoms with E-state index < -0.39 is 0 Å². The number of hydrogen-bond acceptors (Lipinski definition) is 4. The largest absolute Gasteiger partial charge is 0.459 e. The van der Waals surface area contributed by atoms with Crippen LogP contribution in [0.5, 0.6) is 0 Å². The molecule has 0 radical (unpaired) electrons. The predicted molar refractivity (Wildman–Crippen MR) is 119 cm³/mol. The van der Waals surface area contributed by atoms with E-state index >= 15 is 0 Å². The minimum atomic E-state index is -0.124. The van der Waals surface area contributed by atoms with Crippen molar-refractivity contribution in [1.29, 1.82) is 0 Å². The molecule has 1 N–H and O–H groups in total. The minimum absolute atomic E-state index is 0.124. The van der Waals surface area contributed by atoms with E-state index in [1.807, 2.05) is 25.1 Å². The number of nitrogens with zero attached hydrogens (tertiary/aromatic N) is 1. The number of para-hydroxylation sites is 1. The summed E-state index contributed by atoms with van der Waals surface area (Å²) >= 11 is 0. The first kappa shape index (κ1) is 20.0. The maximum absolute atomic E-state index is 11.8. The Bertz CT molecular complexity index is 1230. The van der Waals surface area contributed by atoms with E-state index in [9.17, 15) is 4.79 Å². The van der Waals surface area contributed by atoms with E-state index in [4.69, 9.17) is 8.83 Å². The zero-order valence-corrected chi connectivity index (χ0v) is 17.6. The Hall–Kier alpha value is -3.31. The van der Waals surface area contributed by atoms with Crippen molar-refractivity contribution in [1.82, 2.24) is 10.2 Å². The number of nitrogens with one attached hydrogen (secondary N) is 1. The van der Waals surface area contributed by atoms with Crippen LogP contribution in [0.1, 0.15) is 28.2 Å². The van der Waals surface area contributed by atoms with Crippen molar-refractivity contribution in [3.05, 3.63) is 83.3 Å². The molecule has 0 aliphatic rings. The van der Waals surface area contributed by atoms with Crippen molar-refractivity contribution in [3.8, 4) is 0 Å². The van der Waals surface area contributed by atoms with Crippen LogP contribution in [0.3, 0.4) is 0 Å². The summed E-state index contributed by atoms with van der Waals surface area (Å²) in [5.74, 6) is 1.63. The molecule has 0 atom stereocenters. The molecule has 0 unspecified atom stereocenters. The molecule has 2 aromatic heterocycles. The molecule has 0 bridgehead atoms. The highest BCUT2D eigenvalue weighted by atomic mass is 16.3. The van der Waals surface area contributed by atoms with Gasteiger partial charge in [-0.1, -0.05) is 36.9 Å². The van der Waals surface area contributed by atoms with Gasteiger partial charge in [0.25, 0.3) is 0 Å². The van der Waals surface area contributed by atoms with Gasteiger partial charge in [-0.05, 0) is 43.2 Å². The number of carbonyl (C=O) groups excluding carboxylic acids is 1. The molecule has 0 saturated heterocycles. The molecule has 4 rings (SSSR count). The smallest absolute Gasteiger partial charge is 0.246 e. The molecular weight excluding hydrogens is 376 g/mol. The van der Waals surface area contributed by atoms with Crippen LogP contribution in [-0.4, -0.2) is 17.9 Å². The van der Waals surface area contributed by atoms with Gasteiger partial charge in [-0.2, -0.15) is 0 Å². The number of rotatable bonds is 7. The lowest BCUT2D eigenvalue weighted by atomic mass is 10.1. The van der Waals surface area contributed by atoms with Gasteiger partial charge in [-0.25, -0.2) is 0 Å². The van der Waals surface area contributed by atoms with Crippen molar-refractivity contribution >= 4 is 27.8 Å². The van der Waals surface area contributed by atoms with Crippen molar-refractivity contribution < 1.29 is 13.6 Å². The Balaban J connectivity index is 1.46. The van der Waals surface area contributed by atoms with E-state index in [2.05, 4.69) is 43.1 Å². The van der Waals surface area contributed by atoms with Crippen molar-refractivity contribution in [2.45, 2.75) is 33.5 Å². The van der Waals surface area contributed by atoms with Crippen LogP contribution in [0.4, 0.5) is 0 Å². The second kappa shape index (κ2) is 8.20. The van der Waals surface area contributed by atoms with Gasteiger partial charge in [0.1, 0.15) is 22.7 Å². The normalized spacial score (nSPS) is 11.3. The third kappa shape index (κ3) is 3.76. The summed E-state index contributed by atoms with van der Waals surface area (Å²) < 4.78 is 12.0. The summed E-state index contributed by atoms with van der Waals surface area (Å²) in [6.07, 6.45) is 1.31. The van der Waals surface area contributed by atoms with E-state index in [-0.39, 0.29) is 5.91 Å². The van der Waals surface area contributed by atoms with Gasteiger partial charge in [0.05, 0.1) is 13.1 Å². The van der Waals surface area contributed by atoms with Gasteiger partial charge in [-0.15, -0.1) is 0 Å². The summed E-state index contributed by atoms with van der Waals surface area (Å²) in [5.41, 5.74) is 5.13. The van der Waals surface area contributed by atoms with E-state index in [1.165, 1.54) is 11.6 Å². The quantitative estimate of drug-likeness (QED) is 0.430. The zero-order valence-electron chi connectivity index (χ0n) is 17.6. The Morgan fingerprint density at radius 2 is 1.70 bits per heavy atom. The third-order valence-corrected chi connectivity index (χ3v) is 5.59. The Kier molecular flexibility index (Phi) is 5.46. The Morgan fingerprint density at radius 3 is 2.47 bits per heavy atom. The summed E-state index contributed by atoms with van der Waals surface area (Å²) in [4.78, 5) is 13.4. The van der Waals surface area contributed by atoms with E-state index in [0.717, 1.165) is 44.6 Å². The fourth-order valence-electron chi connectivity index (χ4n) is 3.74. The molecule has 2 aromatic carbocycles. The Morgan fingerprint density at radius 1 is 1.00 bits per heavy atom. The number of aryl methyl sites for hydroxylation is 2. The summed E-state index contributed by atoms with van der Waals surface area (Å²) in [7, 11) is 1.74. The second-order valence-corrected chi connectivity index (χ2v) is 7.63. The van der Waals surface area contributed by atoms with Gasteiger partial charge in [0.2, 0.25) is 5.91 Å². The molecular formula is C25H26N2O3. The van der Waals surface area contributed by atoms with Gasteiger partial charge < -0.3 is 19.1 Å². The van der Waals surface area contributed by atoms with Crippen molar-refractivity contribution in [2.75, 3.05) is 7.05 Å².